The van der Waals surface area contributed by atoms with E-state index in [1.54, 1.807) is 21.3 Å². The van der Waals surface area contributed by atoms with Crippen LogP contribution in [0.3, 0.4) is 0 Å². The molecule has 0 aliphatic carbocycles. The zero-order valence-electron chi connectivity index (χ0n) is 29.1. The van der Waals surface area contributed by atoms with Gasteiger partial charge in [-0.1, -0.05) is 13.3 Å². The Morgan fingerprint density at radius 3 is 1.59 bits per heavy atom. The minimum atomic E-state index is -2.70. The summed E-state index contributed by atoms with van der Waals surface area (Å²) in [6.45, 7) is 21.0. The molecule has 3 aliphatic rings. The first-order valence-electron chi connectivity index (χ1n) is 15.8. The molecule has 3 aliphatic heterocycles. The van der Waals surface area contributed by atoms with Crippen LogP contribution in [0.2, 0.25) is 76.6 Å². The van der Waals surface area contributed by atoms with Gasteiger partial charge in [0.1, 0.15) is 6.10 Å². The van der Waals surface area contributed by atoms with Crippen molar-refractivity contribution in [3.8, 4) is 0 Å². The molecule has 0 aromatic rings. The number of rotatable bonds is 14. The van der Waals surface area contributed by atoms with Crippen LogP contribution in [-0.4, -0.2) is 128 Å². The van der Waals surface area contributed by atoms with E-state index in [-0.39, 0.29) is 0 Å². The topological polar surface area (TPSA) is 123 Å². The van der Waals surface area contributed by atoms with E-state index in [1.807, 2.05) is 6.55 Å². The van der Waals surface area contributed by atoms with Crippen molar-refractivity contribution in [3.05, 3.63) is 0 Å². The quantitative estimate of drug-likeness (QED) is 0.146. The van der Waals surface area contributed by atoms with Crippen molar-refractivity contribution in [2.45, 2.75) is 102 Å². The zero-order chi connectivity index (χ0) is 33.0. The van der Waals surface area contributed by atoms with Gasteiger partial charge < -0.3 is 55.7 Å². The normalized spacial score (nSPS) is 38.5. The Hall–Kier alpha value is 1.43. The molecule has 3 heterocycles. The summed E-state index contributed by atoms with van der Waals surface area (Å²) in [6, 6.07) is 3.25. The largest absolute Gasteiger partial charge is 0.500 e. The van der Waals surface area contributed by atoms with E-state index >= 15 is 0 Å². The van der Waals surface area contributed by atoms with Crippen LogP contribution in [0, 0.1) is 0 Å². The lowest BCUT2D eigenvalue weighted by Gasteiger charge is -2.43. The van der Waals surface area contributed by atoms with Gasteiger partial charge in [0.2, 0.25) is 0 Å². The zero-order valence-corrected chi connectivity index (χ0v) is 38.9. The van der Waals surface area contributed by atoms with E-state index in [0.29, 0.717) is 31.4 Å². The highest BCUT2D eigenvalue weighted by molar-refractivity contribution is 6.87. The smallest absolute Gasteiger partial charge is 0.420 e. The van der Waals surface area contributed by atoms with Crippen LogP contribution in [0.5, 0.6) is 0 Å². The van der Waals surface area contributed by atoms with Crippen molar-refractivity contribution in [2.75, 3.05) is 41.2 Å². The monoisotopic (exact) mass is 784 g/mol. The molecule has 262 valence electrons. The molecular weight excluding hydrogens is 725 g/mol. The van der Waals surface area contributed by atoms with Gasteiger partial charge in [-0.2, -0.15) is 0 Å². The highest BCUT2D eigenvalue weighted by atomic mass is 28.5. The fourth-order valence-corrected chi connectivity index (χ4v) is 41.1. The van der Waals surface area contributed by atoms with Gasteiger partial charge in [-0.15, -0.1) is 0 Å². The molecule has 13 nitrogen and oxygen atoms in total. The van der Waals surface area contributed by atoms with Crippen LogP contribution in [-0.2, 0) is 55.7 Å². The van der Waals surface area contributed by atoms with E-state index in [4.69, 9.17) is 55.7 Å². The maximum Gasteiger partial charge on any atom is 0.500 e. The summed E-state index contributed by atoms with van der Waals surface area (Å²) in [5.74, 6) is 0. The van der Waals surface area contributed by atoms with Crippen molar-refractivity contribution in [3.63, 3.8) is 0 Å². The number of ether oxygens (including phenoxy) is 2. The summed E-state index contributed by atoms with van der Waals surface area (Å²) in [4.78, 5) is 0. The summed E-state index contributed by atoms with van der Waals surface area (Å²) >= 11 is 0. The molecule has 3 saturated heterocycles. The van der Waals surface area contributed by atoms with Gasteiger partial charge in [-0.3, -0.25) is 0 Å². The Morgan fingerprint density at radius 1 is 0.682 bits per heavy atom. The molecular formula is C22H60O13Si9. The molecule has 0 N–H and O–H groups in total. The molecule has 7 unspecified atom stereocenters. The van der Waals surface area contributed by atoms with Crippen molar-refractivity contribution in [2.24, 2.45) is 0 Å². The highest BCUT2D eigenvalue weighted by Crippen LogP contribution is 2.32. The lowest BCUT2D eigenvalue weighted by molar-refractivity contribution is 0.115. The maximum absolute atomic E-state index is 6.77. The molecule has 0 spiro atoms. The molecule has 0 bridgehead atoms. The summed E-state index contributed by atoms with van der Waals surface area (Å²) in [5, 5.41) is 0. The van der Waals surface area contributed by atoms with Crippen LogP contribution < -0.4 is 0 Å². The molecule has 22 heteroatoms. The fourth-order valence-electron chi connectivity index (χ4n) is 5.49. The summed E-state index contributed by atoms with van der Waals surface area (Å²) in [7, 11) is -12.9. The van der Waals surface area contributed by atoms with Crippen molar-refractivity contribution in [1.29, 1.82) is 0 Å². The van der Waals surface area contributed by atoms with Gasteiger partial charge in [-0.25, -0.2) is 0 Å². The van der Waals surface area contributed by atoms with E-state index < -0.39 is 80.9 Å². The van der Waals surface area contributed by atoms with E-state index in [0.717, 1.165) is 31.5 Å². The second kappa shape index (κ2) is 19.6. The second-order valence-corrected chi connectivity index (χ2v) is 36.8. The van der Waals surface area contributed by atoms with Gasteiger partial charge >= 0.3 is 34.5 Å². The van der Waals surface area contributed by atoms with E-state index in [9.17, 15) is 0 Å². The van der Waals surface area contributed by atoms with Gasteiger partial charge in [0, 0.05) is 34.0 Å². The Balaban J connectivity index is 0.000000378. The first-order valence-corrected chi connectivity index (χ1v) is 35.8. The Morgan fingerprint density at radius 2 is 1.14 bits per heavy atom. The molecule has 0 aromatic heterocycles. The van der Waals surface area contributed by atoms with Crippen LogP contribution in [0.15, 0.2) is 0 Å². The minimum Gasteiger partial charge on any atom is -0.420 e. The lowest BCUT2D eigenvalue weighted by Crippen LogP contribution is -2.60. The number of hydrogen-bond acceptors (Lipinski definition) is 13. The first-order chi connectivity index (χ1) is 20.6. The SMILES string of the molecule is CCC[Si]1(C)O[SiH](C)O[SiH](C)O[SiH](C)O1.CO[Si](CC[Si]1(C)O[SiH](C)O[SiH](C)O[Si](C)(CCCOCC2CO2)O1)(OC)OC. The molecule has 0 amide bonds. The molecule has 3 rings (SSSR count). The van der Waals surface area contributed by atoms with Gasteiger partial charge in [0.05, 0.1) is 13.2 Å². The fraction of sp³-hybridized carbons (Fsp3) is 1.00. The predicted molar refractivity (Wildman–Crippen MR) is 190 cm³/mol. The Labute approximate surface area is 279 Å². The standard InChI is InChI=1S/C15H38O9Si5.C7H22O4Si4/c1-16-29(17-2,18-3)12-11-28(7)23-26(5)21-25(4)22-27(6,24-28)10-8-9-19-13-15-14-20-15;1-6-7-15(5)10-13(3)8-12(2)9-14(4)11-15/h15,25-26H,8-14H2,1-7H3;12-14H,6-7H2,1-5H3. The predicted octanol–water partition coefficient (Wildman–Crippen LogP) is 2.69. The Kier molecular flexibility index (Phi) is 18.5. The summed E-state index contributed by atoms with van der Waals surface area (Å²) in [6.07, 6.45) is 2.29. The second-order valence-electron chi connectivity index (χ2n) is 11.9. The van der Waals surface area contributed by atoms with Gasteiger partial charge in [-0.05, 0) is 76.9 Å². The van der Waals surface area contributed by atoms with Crippen LogP contribution in [0.25, 0.3) is 0 Å². The highest BCUT2D eigenvalue weighted by Gasteiger charge is 2.50. The molecule has 3 fully saturated rings. The molecule has 0 saturated carbocycles. The van der Waals surface area contributed by atoms with E-state index in [2.05, 4.69) is 52.8 Å². The average molecular weight is 785 g/mol. The van der Waals surface area contributed by atoms with E-state index in [1.165, 1.54) is 0 Å². The molecule has 7 atom stereocenters. The van der Waals surface area contributed by atoms with Crippen LogP contribution in [0.4, 0.5) is 0 Å². The third-order valence-electron chi connectivity index (χ3n) is 7.39. The minimum absolute atomic E-state index is 0.292. The summed E-state index contributed by atoms with van der Waals surface area (Å²) in [5.41, 5.74) is 0. The molecule has 44 heavy (non-hydrogen) atoms. The third-order valence-corrected chi connectivity index (χ3v) is 40.4. The van der Waals surface area contributed by atoms with Crippen molar-refractivity contribution >= 4 is 80.9 Å². The maximum atomic E-state index is 6.77. The molecule has 0 aromatic carbocycles. The third kappa shape index (κ3) is 15.3. The van der Waals surface area contributed by atoms with Crippen LogP contribution in [0.1, 0.15) is 19.8 Å². The lowest BCUT2D eigenvalue weighted by atomic mass is 10.5. The first kappa shape index (κ1) is 41.6. The van der Waals surface area contributed by atoms with Crippen LogP contribution >= 0.6 is 0 Å². The number of hydrogen-bond donors (Lipinski definition) is 0. The van der Waals surface area contributed by atoms with Crippen molar-refractivity contribution < 1.29 is 55.7 Å². The van der Waals surface area contributed by atoms with Gasteiger partial charge in [0.25, 0.3) is 46.4 Å². The molecule has 0 radical (unpaired) electrons. The van der Waals surface area contributed by atoms with Gasteiger partial charge in [0.15, 0.2) is 0 Å². The average Bonchev–Trinajstić information content (AvgIpc) is 3.72. The van der Waals surface area contributed by atoms with Crippen molar-refractivity contribution in [1.82, 2.24) is 0 Å². The summed E-state index contributed by atoms with van der Waals surface area (Å²) < 4.78 is 77.3. The number of epoxide rings is 1. The Bertz CT molecular complexity index is 799.